The normalized spacial score (nSPS) is 21.0. The number of pyridine rings is 2. The third kappa shape index (κ3) is 8.68. The maximum Gasteiger partial charge on any atom is 0.320 e. The van der Waals surface area contributed by atoms with Crippen LogP contribution in [0.2, 0.25) is 0 Å². The van der Waals surface area contributed by atoms with Gasteiger partial charge in [0.2, 0.25) is 17.8 Å². The molecule has 5 aliphatic heterocycles. The Morgan fingerprint density at radius 1 is 0.721 bits per heavy atom. The van der Waals surface area contributed by atoms with Crippen molar-refractivity contribution < 1.29 is 28.8 Å². The lowest BCUT2D eigenvalue weighted by Crippen LogP contribution is -2.54. The number of hydrogen-bond donors (Lipinski definition) is 2. The molecule has 5 fully saturated rings. The molecule has 0 spiro atoms. The molecule has 3 aromatic heterocycles. The van der Waals surface area contributed by atoms with Crippen molar-refractivity contribution >= 4 is 69.6 Å². The zero-order valence-corrected chi connectivity index (χ0v) is 38.9. The van der Waals surface area contributed by atoms with Crippen molar-refractivity contribution in [3.63, 3.8) is 0 Å². The fourth-order valence-electron chi connectivity index (χ4n) is 11.4. The smallest absolute Gasteiger partial charge is 0.320 e. The minimum atomic E-state index is -0.974. The molecule has 1 saturated carbocycles. The number of piperazine rings is 1. The second kappa shape index (κ2) is 18.8. The van der Waals surface area contributed by atoms with Crippen molar-refractivity contribution in [3.05, 3.63) is 75.3 Å². The topological polar surface area (TPSA) is 203 Å². The van der Waals surface area contributed by atoms with Gasteiger partial charge in [0.05, 0.1) is 28.6 Å². The molecule has 1 aromatic carbocycles. The molecule has 68 heavy (non-hydrogen) atoms. The number of likely N-dealkylation sites (tertiary alicyclic amines) is 1. The van der Waals surface area contributed by atoms with E-state index in [1.165, 1.54) is 6.92 Å². The van der Waals surface area contributed by atoms with Gasteiger partial charge in [-0.1, -0.05) is 25.7 Å². The van der Waals surface area contributed by atoms with Crippen LogP contribution in [-0.2, 0) is 9.59 Å². The Morgan fingerprint density at radius 2 is 1.37 bits per heavy atom. The number of aryl methyl sites for hydroxylation is 1. The SMILES string of the molecule is CC(=O)c1c(C)c2cnc(Nc3ccc(N4CCN(C(=O)N5CCC(CCC6CCN(c7ccc8c(c7)C(=O)N(C7CCC(=O)NC7=O)C8=O)CC6)CC5)CC4)cn3)nc2n(C2CCCC2)c1=O. The van der Waals surface area contributed by atoms with Crippen molar-refractivity contribution in [2.45, 2.75) is 103 Å². The predicted octanol–water partition coefficient (Wildman–Crippen LogP) is 5.61. The van der Waals surface area contributed by atoms with Crippen molar-refractivity contribution in [1.82, 2.24) is 39.5 Å². The van der Waals surface area contributed by atoms with Gasteiger partial charge in [-0.25, -0.2) is 14.8 Å². The fraction of sp³-hybridized carbons (Fsp3) is 0.520. The van der Waals surface area contributed by atoms with E-state index in [-0.39, 0.29) is 41.8 Å². The number of carbonyl (C=O) groups is 6. The van der Waals surface area contributed by atoms with Crippen LogP contribution in [0, 0.1) is 18.8 Å². The quantitative estimate of drug-likeness (QED) is 0.147. The van der Waals surface area contributed by atoms with Gasteiger partial charge < -0.3 is 24.9 Å². The van der Waals surface area contributed by atoms with Crippen LogP contribution in [0.4, 0.5) is 27.9 Å². The monoisotopic (exact) mass is 925 g/mol. The van der Waals surface area contributed by atoms with Gasteiger partial charge in [0.1, 0.15) is 17.5 Å². The summed E-state index contributed by atoms with van der Waals surface area (Å²) in [4.78, 5) is 114. The Hall–Kier alpha value is -6.72. The average molecular weight is 926 g/mol. The highest BCUT2D eigenvalue weighted by molar-refractivity contribution is 6.23. The van der Waals surface area contributed by atoms with Crippen molar-refractivity contribution in [2.75, 3.05) is 67.5 Å². The molecule has 4 saturated heterocycles. The van der Waals surface area contributed by atoms with E-state index in [1.807, 2.05) is 34.2 Å². The maximum absolute atomic E-state index is 13.6. The molecule has 0 radical (unpaired) electrons. The van der Waals surface area contributed by atoms with E-state index in [4.69, 9.17) is 4.98 Å². The molecular formula is C50H59N11O7. The van der Waals surface area contributed by atoms with Gasteiger partial charge in [-0.05, 0) is 107 Å². The Balaban J connectivity index is 0.658. The average Bonchev–Trinajstić information content (AvgIpc) is 3.97. The molecule has 0 bridgehead atoms. The Kier molecular flexibility index (Phi) is 12.4. The molecule has 2 N–H and O–H groups in total. The lowest BCUT2D eigenvalue weighted by atomic mass is 9.85. The minimum Gasteiger partial charge on any atom is -0.371 e. The van der Waals surface area contributed by atoms with E-state index in [1.54, 1.807) is 29.8 Å². The van der Waals surface area contributed by atoms with Crippen LogP contribution in [0.15, 0.2) is 47.5 Å². The number of Topliss-reactive ketones (excluding diaryl/α,β-unsaturated/α-hetero) is 1. The number of anilines is 4. The summed E-state index contributed by atoms with van der Waals surface area (Å²) in [6.07, 6.45) is 13.9. The molecule has 1 aliphatic carbocycles. The lowest BCUT2D eigenvalue weighted by molar-refractivity contribution is -0.136. The van der Waals surface area contributed by atoms with Crippen molar-refractivity contribution in [3.8, 4) is 0 Å². The van der Waals surface area contributed by atoms with E-state index in [2.05, 4.69) is 30.4 Å². The van der Waals surface area contributed by atoms with Crippen LogP contribution in [0.1, 0.15) is 127 Å². The second-order valence-electron chi connectivity index (χ2n) is 19.5. The Bertz CT molecular complexity index is 2730. The van der Waals surface area contributed by atoms with Gasteiger partial charge in [0.25, 0.3) is 17.4 Å². The van der Waals surface area contributed by atoms with E-state index >= 15 is 0 Å². The lowest BCUT2D eigenvalue weighted by Gasteiger charge is -2.40. The summed E-state index contributed by atoms with van der Waals surface area (Å²) in [6, 6.07) is 8.38. The van der Waals surface area contributed by atoms with Gasteiger partial charge in [0.15, 0.2) is 5.78 Å². The van der Waals surface area contributed by atoms with E-state index in [0.29, 0.717) is 77.5 Å². The zero-order chi connectivity index (χ0) is 47.2. The number of amides is 6. The summed E-state index contributed by atoms with van der Waals surface area (Å²) in [7, 11) is 0. The first-order chi connectivity index (χ1) is 32.9. The number of rotatable bonds is 10. The van der Waals surface area contributed by atoms with Crippen LogP contribution < -0.4 is 26.0 Å². The van der Waals surface area contributed by atoms with Crippen LogP contribution in [0.3, 0.4) is 0 Å². The molecule has 18 heteroatoms. The highest BCUT2D eigenvalue weighted by Crippen LogP contribution is 2.35. The summed E-state index contributed by atoms with van der Waals surface area (Å²) in [6.45, 7) is 9.18. The van der Waals surface area contributed by atoms with Gasteiger partial charge in [0, 0.05) is 82.1 Å². The number of nitrogens with one attached hydrogen (secondary N) is 2. The third-order valence-corrected chi connectivity index (χ3v) is 15.4. The third-order valence-electron chi connectivity index (χ3n) is 15.4. The van der Waals surface area contributed by atoms with E-state index < -0.39 is 29.7 Å². The number of nitrogens with zero attached hydrogens (tertiary/aromatic N) is 9. The van der Waals surface area contributed by atoms with Crippen LogP contribution in [-0.4, -0.2) is 128 Å². The summed E-state index contributed by atoms with van der Waals surface area (Å²) < 4.78 is 1.71. The van der Waals surface area contributed by atoms with Gasteiger partial charge >= 0.3 is 6.03 Å². The number of carbonyl (C=O) groups excluding carboxylic acids is 6. The summed E-state index contributed by atoms with van der Waals surface area (Å²) in [5, 5.41) is 6.15. The van der Waals surface area contributed by atoms with Crippen LogP contribution >= 0.6 is 0 Å². The second-order valence-corrected chi connectivity index (χ2v) is 19.5. The number of piperidine rings is 3. The molecular weight excluding hydrogens is 867 g/mol. The van der Waals surface area contributed by atoms with Crippen LogP contribution in [0.25, 0.3) is 11.0 Å². The van der Waals surface area contributed by atoms with E-state index in [0.717, 1.165) is 107 Å². The van der Waals surface area contributed by atoms with Crippen molar-refractivity contribution in [2.24, 2.45) is 11.8 Å². The highest BCUT2D eigenvalue weighted by Gasteiger charge is 2.45. The highest BCUT2D eigenvalue weighted by atomic mass is 16.2. The van der Waals surface area contributed by atoms with E-state index in [9.17, 15) is 33.6 Å². The molecule has 1 atom stereocenters. The molecule has 1 unspecified atom stereocenters. The van der Waals surface area contributed by atoms with Gasteiger partial charge in [-0.3, -0.25) is 43.6 Å². The zero-order valence-electron chi connectivity index (χ0n) is 38.9. The molecule has 6 aliphatic rings. The standard InChI is InChI=1S/C50H59N11O7/c1-30-39-29-52-49(55-44(39)60(34-5-3-4-6-34)48(67)43(30)31(2)62)53-41-13-10-36(28-51-41)57-23-25-59(26-24-57)50(68)58-21-17-33(18-22-58)8-7-32-15-19-56(20-16-32)35-9-11-37-38(27-35)47(66)61(46(37)65)40-12-14-42(63)54-45(40)64/h9-11,13,27-29,32-34,40H,3-8,12,14-26H2,1-2H3,(H,54,63,64)(H,51,52,53,55). The molecule has 6 amide bonds. The van der Waals surface area contributed by atoms with Crippen molar-refractivity contribution in [1.29, 1.82) is 0 Å². The largest absolute Gasteiger partial charge is 0.371 e. The predicted molar refractivity (Wildman–Crippen MR) is 254 cm³/mol. The molecule has 18 nitrogen and oxygen atoms in total. The summed E-state index contributed by atoms with van der Waals surface area (Å²) >= 11 is 0. The summed E-state index contributed by atoms with van der Waals surface area (Å²) in [5.41, 5.74) is 3.53. The number of aromatic nitrogens is 4. The number of ketones is 1. The Morgan fingerprint density at radius 3 is 2.03 bits per heavy atom. The number of benzene rings is 1. The number of fused-ring (bicyclic) bond motifs is 2. The maximum atomic E-state index is 13.6. The van der Waals surface area contributed by atoms with Gasteiger partial charge in [-0.2, -0.15) is 4.98 Å². The van der Waals surface area contributed by atoms with Gasteiger partial charge in [-0.15, -0.1) is 0 Å². The molecule has 8 heterocycles. The summed E-state index contributed by atoms with van der Waals surface area (Å²) in [5.74, 6) is -0.117. The first-order valence-electron chi connectivity index (χ1n) is 24.5. The van der Waals surface area contributed by atoms with Crippen LogP contribution in [0.5, 0.6) is 0 Å². The fourth-order valence-corrected chi connectivity index (χ4v) is 11.4. The Labute approximate surface area is 394 Å². The molecule has 10 rings (SSSR count). The minimum absolute atomic E-state index is 0.00484. The number of hydrogen-bond acceptors (Lipinski definition) is 13. The number of urea groups is 1. The first-order valence-corrected chi connectivity index (χ1v) is 24.5. The molecule has 356 valence electrons. The molecule has 4 aromatic rings. The first kappa shape index (κ1) is 45.1. The number of imide groups is 2.